The minimum absolute atomic E-state index is 0.0313. The number of thioether (sulfide) groups is 1. The van der Waals surface area contributed by atoms with Crippen LogP contribution in [-0.2, 0) is 11.3 Å². The number of rotatable bonds is 9. The molecule has 1 aromatic heterocycles. The van der Waals surface area contributed by atoms with Crippen LogP contribution in [0.4, 0.5) is 0 Å². The maximum absolute atomic E-state index is 12.9. The van der Waals surface area contributed by atoms with Crippen molar-refractivity contribution in [2.24, 2.45) is 0 Å². The Morgan fingerprint density at radius 2 is 1.94 bits per heavy atom. The van der Waals surface area contributed by atoms with Crippen molar-refractivity contribution >= 4 is 17.7 Å². The predicted octanol–water partition coefficient (Wildman–Crippen LogP) is 3.76. The van der Waals surface area contributed by atoms with Crippen LogP contribution in [0, 0.1) is 18.3 Å². The average Bonchev–Trinajstić information content (AvgIpc) is 3.18. The molecule has 0 aliphatic carbocycles. The number of benzene rings is 2. The average molecular weight is 434 g/mol. The lowest BCUT2D eigenvalue weighted by atomic mass is 10.1. The van der Waals surface area contributed by atoms with Crippen LogP contribution in [0.5, 0.6) is 5.75 Å². The number of nitrogens with zero attached hydrogens (tertiary/aromatic N) is 5. The van der Waals surface area contributed by atoms with Gasteiger partial charge in [0.05, 0.1) is 24.5 Å². The van der Waals surface area contributed by atoms with Crippen molar-refractivity contribution < 1.29 is 9.53 Å². The Hall–Kier alpha value is -3.57. The van der Waals surface area contributed by atoms with Gasteiger partial charge in [-0.1, -0.05) is 30.0 Å². The Labute approximate surface area is 186 Å². The number of nitriles is 1. The fourth-order valence-corrected chi connectivity index (χ4v) is 3.90. The first kappa shape index (κ1) is 22.1. The number of carbonyl (C=O) groups is 1. The first-order valence-corrected chi connectivity index (χ1v) is 10.6. The summed E-state index contributed by atoms with van der Waals surface area (Å²) in [5.74, 6) is 1.69. The van der Waals surface area contributed by atoms with Gasteiger partial charge in [0.25, 0.3) is 0 Å². The Bertz CT molecular complexity index is 1080. The molecule has 0 atom stereocenters. The zero-order chi connectivity index (χ0) is 22.2. The summed E-state index contributed by atoms with van der Waals surface area (Å²) < 4.78 is 7.13. The molecule has 3 rings (SSSR count). The van der Waals surface area contributed by atoms with Gasteiger partial charge in [-0.15, -0.1) is 16.8 Å². The molecule has 0 radical (unpaired) electrons. The second-order valence-electron chi connectivity index (χ2n) is 6.72. The molecular weight excluding hydrogens is 410 g/mol. The SMILES string of the molecule is C=CCN(Cc1ccc(C#N)cc1)C(=O)CSc1nnc(C)n1-c1ccc(OC)cc1. The van der Waals surface area contributed by atoms with Gasteiger partial charge >= 0.3 is 0 Å². The maximum atomic E-state index is 12.9. The fourth-order valence-electron chi connectivity index (χ4n) is 3.00. The quantitative estimate of drug-likeness (QED) is 0.377. The van der Waals surface area contributed by atoms with Crippen molar-refractivity contribution in [3.05, 3.63) is 78.1 Å². The molecule has 0 N–H and O–H groups in total. The number of carbonyl (C=O) groups excluding carboxylic acids is 1. The molecule has 0 fully saturated rings. The van der Waals surface area contributed by atoms with Crippen molar-refractivity contribution in [1.29, 1.82) is 5.26 Å². The van der Waals surface area contributed by atoms with Gasteiger partial charge in [0.2, 0.25) is 5.91 Å². The van der Waals surface area contributed by atoms with Crippen LogP contribution in [-0.4, -0.2) is 45.0 Å². The fraction of sp³-hybridized carbons (Fsp3) is 0.217. The first-order valence-electron chi connectivity index (χ1n) is 9.62. The van der Waals surface area contributed by atoms with E-state index in [1.54, 1.807) is 30.2 Å². The van der Waals surface area contributed by atoms with Gasteiger partial charge in [-0.3, -0.25) is 9.36 Å². The van der Waals surface area contributed by atoms with Crippen LogP contribution in [0.1, 0.15) is 17.0 Å². The van der Waals surface area contributed by atoms with E-state index >= 15 is 0 Å². The molecule has 3 aromatic rings. The van der Waals surface area contributed by atoms with Crippen molar-refractivity contribution in [1.82, 2.24) is 19.7 Å². The van der Waals surface area contributed by atoms with E-state index in [1.165, 1.54) is 11.8 Å². The Kier molecular flexibility index (Phi) is 7.46. The zero-order valence-corrected chi connectivity index (χ0v) is 18.3. The zero-order valence-electron chi connectivity index (χ0n) is 17.5. The maximum Gasteiger partial charge on any atom is 0.233 e. The van der Waals surface area contributed by atoms with Crippen LogP contribution in [0.15, 0.2) is 66.3 Å². The van der Waals surface area contributed by atoms with Gasteiger partial charge in [0, 0.05) is 18.8 Å². The van der Waals surface area contributed by atoms with Crippen LogP contribution in [0.3, 0.4) is 0 Å². The number of ether oxygens (including phenoxy) is 1. The molecule has 0 bridgehead atoms. The largest absolute Gasteiger partial charge is 0.497 e. The smallest absolute Gasteiger partial charge is 0.233 e. The third-order valence-corrected chi connectivity index (χ3v) is 5.52. The third kappa shape index (κ3) is 5.53. The molecular formula is C23H23N5O2S. The van der Waals surface area contributed by atoms with Crippen LogP contribution < -0.4 is 4.74 Å². The lowest BCUT2D eigenvalue weighted by Crippen LogP contribution is -2.32. The first-order chi connectivity index (χ1) is 15.0. The lowest BCUT2D eigenvalue weighted by molar-refractivity contribution is -0.128. The molecule has 1 amide bonds. The van der Waals surface area contributed by atoms with E-state index in [4.69, 9.17) is 10.00 Å². The van der Waals surface area contributed by atoms with Gasteiger partial charge in [-0.05, 0) is 48.9 Å². The predicted molar refractivity (Wildman–Crippen MR) is 120 cm³/mol. The van der Waals surface area contributed by atoms with E-state index < -0.39 is 0 Å². The van der Waals surface area contributed by atoms with Crippen LogP contribution >= 0.6 is 11.8 Å². The molecule has 0 aliphatic heterocycles. The molecule has 7 nitrogen and oxygen atoms in total. The minimum atomic E-state index is -0.0313. The highest BCUT2D eigenvalue weighted by atomic mass is 32.2. The molecule has 2 aromatic carbocycles. The van der Waals surface area contributed by atoms with Crippen molar-refractivity contribution in [3.8, 4) is 17.5 Å². The monoisotopic (exact) mass is 433 g/mol. The van der Waals surface area contributed by atoms with E-state index in [0.717, 1.165) is 22.8 Å². The molecule has 0 aliphatic rings. The molecule has 0 unspecified atom stereocenters. The number of amides is 1. The minimum Gasteiger partial charge on any atom is -0.497 e. The van der Waals surface area contributed by atoms with E-state index in [1.807, 2.05) is 47.9 Å². The number of hydrogen-bond donors (Lipinski definition) is 0. The standard InChI is InChI=1S/C23H23N5O2S/c1-4-13-27(15-19-7-5-18(14-24)6-8-19)22(29)16-31-23-26-25-17(2)28(23)20-9-11-21(30-3)12-10-20/h4-12H,1,13,15-16H2,2-3H3. The lowest BCUT2D eigenvalue weighted by Gasteiger charge is -2.21. The number of hydrogen-bond acceptors (Lipinski definition) is 6. The number of aromatic nitrogens is 3. The normalized spacial score (nSPS) is 10.4. The summed E-state index contributed by atoms with van der Waals surface area (Å²) in [6.07, 6.45) is 1.70. The van der Waals surface area contributed by atoms with Gasteiger partial charge in [-0.25, -0.2) is 0 Å². The molecule has 8 heteroatoms. The summed E-state index contributed by atoms with van der Waals surface area (Å²) in [6, 6.07) is 16.9. The highest BCUT2D eigenvalue weighted by Gasteiger charge is 2.17. The number of methoxy groups -OCH3 is 1. The van der Waals surface area contributed by atoms with Crippen LogP contribution in [0.25, 0.3) is 5.69 Å². The van der Waals surface area contributed by atoms with Crippen molar-refractivity contribution in [2.45, 2.75) is 18.6 Å². The molecule has 158 valence electrons. The highest BCUT2D eigenvalue weighted by Crippen LogP contribution is 2.24. The molecule has 0 spiro atoms. The van der Waals surface area contributed by atoms with Gasteiger partial charge in [0.1, 0.15) is 11.6 Å². The Morgan fingerprint density at radius 3 is 2.55 bits per heavy atom. The summed E-state index contributed by atoms with van der Waals surface area (Å²) in [5, 5.41) is 18.0. The summed E-state index contributed by atoms with van der Waals surface area (Å²) in [5.41, 5.74) is 2.45. The summed E-state index contributed by atoms with van der Waals surface area (Å²) in [6.45, 7) is 6.51. The molecule has 0 saturated carbocycles. The molecule has 1 heterocycles. The van der Waals surface area contributed by atoms with Crippen molar-refractivity contribution in [3.63, 3.8) is 0 Å². The second-order valence-corrected chi connectivity index (χ2v) is 7.67. The Morgan fingerprint density at radius 1 is 1.23 bits per heavy atom. The number of aryl methyl sites for hydroxylation is 1. The van der Waals surface area contributed by atoms with E-state index in [0.29, 0.717) is 23.8 Å². The highest BCUT2D eigenvalue weighted by molar-refractivity contribution is 7.99. The topological polar surface area (TPSA) is 84.0 Å². The van der Waals surface area contributed by atoms with E-state index in [9.17, 15) is 4.79 Å². The van der Waals surface area contributed by atoms with Crippen LogP contribution in [0.2, 0.25) is 0 Å². The van der Waals surface area contributed by atoms with Gasteiger partial charge in [-0.2, -0.15) is 5.26 Å². The molecule has 31 heavy (non-hydrogen) atoms. The van der Waals surface area contributed by atoms with Crippen molar-refractivity contribution in [2.75, 3.05) is 19.4 Å². The third-order valence-electron chi connectivity index (χ3n) is 4.61. The summed E-state index contributed by atoms with van der Waals surface area (Å²) in [4.78, 5) is 14.6. The summed E-state index contributed by atoms with van der Waals surface area (Å²) >= 11 is 1.34. The van der Waals surface area contributed by atoms with Gasteiger partial charge in [0.15, 0.2) is 5.16 Å². The summed E-state index contributed by atoms with van der Waals surface area (Å²) in [7, 11) is 1.62. The molecule has 0 saturated heterocycles. The van der Waals surface area contributed by atoms with E-state index in [2.05, 4.69) is 22.8 Å². The van der Waals surface area contributed by atoms with Gasteiger partial charge < -0.3 is 9.64 Å². The second kappa shape index (κ2) is 10.5. The van der Waals surface area contributed by atoms with E-state index in [-0.39, 0.29) is 11.7 Å². The Balaban J connectivity index is 1.70.